The number of nitrogens with one attached hydrogen (secondary N) is 2. The van der Waals surface area contributed by atoms with Crippen molar-refractivity contribution in [3.05, 3.63) is 58.9 Å². The van der Waals surface area contributed by atoms with Crippen molar-refractivity contribution in [3.8, 4) is 5.75 Å². The first kappa shape index (κ1) is 20.4. The Bertz CT molecular complexity index is 946. The first-order chi connectivity index (χ1) is 13.7. The van der Waals surface area contributed by atoms with E-state index >= 15 is 0 Å². The van der Waals surface area contributed by atoms with Gasteiger partial charge in [0.15, 0.2) is 0 Å². The lowest BCUT2D eigenvalue weighted by atomic mass is 9.97. The van der Waals surface area contributed by atoms with Gasteiger partial charge in [0, 0.05) is 17.7 Å². The number of methoxy groups -OCH3 is 1. The van der Waals surface area contributed by atoms with Gasteiger partial charge in [-0.3, -0.25) is 4.79 Å². The van der Waals surface area contributed by atoms with Crippen LogP contribution in [0.1, 0.15) is 33.9 Å². The fraction of sp³-hybridized carbons (Fsp3) is 0.263. The lowest BCUT2D eigenvalue weighted by molar-refractivity contribution is -0.139. The summed E-state index contributed by atoms with van der Waals surface area (Å²) in [6, 6.07) is 6.37. The molecule has 0 saturated carbocycles. The average molecular weight is 412 g/mol. The third-order valence-corrected chi connectivity index (χ3v) is 4.33. The SMILES string of the molecule is COC(=O)N[C@H]1CCOc2c(C(=O)Nc3ccc(F)c(C(F)(F)F)c3)cccc21. The number of carbonyl (C=O) groups is 2. The molecule has 10 heteroatoms. The molecule has 2 N–H and O–H groups in total. The quantitative estimate of drug-likeness (QED) is 0.738. The van der Waals surface area contributed by atoms with Crippen molar-refractivity contribution >= 4 is 17.7 Å². The monoisotopic (exact) mass is 412 g/mol. The first-order valence-electron chi connectivity index (χ1n) is 8.49. The highest BCUT2D eigenvalue weighted by molar-refractivity contribution is 6.06. The number of fused-ring (bicyclic) bond motifs is 1. The normalized spacial score (nSPS) is 15.7. The van der Waals surface area contributed by atoms with Crippen LogP contribution in [-0.2, 0) is 10.9 Å². The van der Waals surface area contributed by atoms with Gasteiger partial charge in [-0.15, -0.1) is 0 Å². The zero-order valence-electron chi connectivity index (χ0n) is 15.1. The van der Waals surface area contributed by atoms with E-state index in [4.69, 9.17) is 4.74 Å². The van der Waals surface area contributed by atoms with Crippen LogP contribution < -0.4 is 15.4 Å². The van der Waals surface area contributed by atoms with Crippen molar-refractivity contribution in [3.63, 3.8) is 0 Å². The Hall–Kier alpha value is -3.30. The van der Waals surface area contributed by atoms with E-state index in [9.17, 15) is 27.2 Å². The smallest absolute Gasteiger partial charge is 0.419 e. The molecular formula is C19H16F4N2O4. The van der Waals surface area contributed by atoms with Crippen molar-refractivity contribution in [2.45, 2.75) is 18.6 Å². The van der Waals surface area contributed by atoms with Gasteiger partial charge in [0.1, 0.15) is 11.6 Å². The minimum absolute atomic E-state index is 0.0664. The number of para-hydroxylation sites is 1. The first-order valence-corrected chi connectivity index (χ1v) is 8.49. The summed E-state index contributed by atoms with van der Waals surface area (Å²) in [4.78, 5) is 24.2. The van der Waals surface area contributed by atoms with Crippen LogP contribution in [-0.4, -0.2) is 25.7 Å². The van der Waals surface area contributed by atoms with Crippen LogP contribution in [0.4, 0.5) is 28.0 Å². The van der Waals surface area contributed by atoms with E-state index in [1.807, 2.05) is 0 Å². The lowest BCUT2D eigenvalue weighted by Crippen LogP contribution is -2.32. The molecule has 6 nitrogen and oxygen atoms in total. The second-order valence-electron chi connectivity index (χ2n) is 6.20. The predicted molar refractivity (Wildman–Crippen MR) is 94.2 cm³/mol. The highest BCUT2D eigenvalue weighted by Gasteiger charge is 2.34. The minimum Gasteiger partial charge on any atom is -0.492 e. The molecule has 154 valence electrons. The maximum absolute atomic E-state index is 13.4. The van der Waals surface area contributed by atoms with Crippen LogP contribution >= 0.6 is 0 Å². The number of alkyl carbamates (subject to hydrolysis) is 1. The Labute approximate surface area is 162 Å². The molecule has 1 aliphatic rings. The van der Waals surface area contributed by atoms with Crippen LogP contribution in [0, 0.1) is 5.82 Å². The number of anilines is 1. The summed E-state index contributed by atoms with van der Waals surface area (Å²) in [7, 11) is 1.22. The average Bonchev–Trinajstić information content (AvgIpc) is 2.68. The zero-order valence-corrected chi connectivity index (χ0v) is 15.1. The number of amides is 2. The van der Waals surface area contributed by atoms with Gasteiger partial charge in [-0.05, 0) is 24.3 Å². The van der Waals surface area contributed by atoms with Crippen LogP contribution in [0.15, 0.2) is 36.4 Å². The Balaban J connectivity index is 1.88. The fourth-order valence-corrected chi connectivity index (χ4v) is 2.97. The van der Waals surface area contributed by atoms with E-state index in [2.05, 4.69) is 15.4 Å². The summed E-state index contributed by atoms with van der Waals surface area (Å²) >= 11 is 0. The number of alkyl halides is 3. The van der Waals surface area contributed by atoms with Gasteiger partial charge in [-0.25, -0.2) is 9.18 Å². The van der Waals surface area contributed by atoms with Crippen LogP contribution in [0.25, 0.3) is 0 Å². The van der Waals surface area contributed by atoms with E-state index in [0.29, 0.717) is 24.1 Å². The molecule has 2 aromatic carbocycles. The molecule has 0 radical (unpaired) electrons. The largest absolute Gasteiger partial charge is 0.492 e. The second-order valence-corrected chi connectivity index (χ2v) is 6.20. The van der Waals surface area contributed by atoms with Gasteiger partial charge in [-0.1, -0.05) is 12.1 Å². The molecule has 29 heavy (non-hydrogen) atoms. The van der Waals surface area contributed by atoms with E-state index in [-0.39, 0.29) is 23.6 Å². The summed E-state index contributed by atoms with van der Waals surface area (Å²) in [6.45, 7) is 0.209. The number of hydrogen-bond acceptors (Lipinski definition) is 4. The van der Waals surface area contributed by atoms with Gasteiger partial charge in [0.05, 0.1) is 30.9 Å². The molecular weight excluding hydrogens is 396 g/mol. The summed E-state index contributed by atoms with van der Waals surface area (Å²) in [5.41, 5.74) is -1.11. The molecule has 0 saturated heterocycles. The van der Waals surface area contributed by atoms with Crippen molar-refractivity contribution in [1.29, 1.82) is 0 Å². The molecule has 0 unspecified atom stereocenters. The zero-order chi connectivity index (χ0) is 21.2. The van der Waals surface area contributed by atoms with Gasteiger partial charge < -0.3 is 20.1 Å². The molecule has 1 atom stereocenters. The van der Waals surface area contributed by atoms with Crippen LogP contribution in [0.5, 0.6) is 5.75 Å². The van der Waals surface area contributed by atoms with Crippen LogP contribution in [0.3, 0.4) is 0 Å². The molecule has 2 aromatic rings. The second kappa shape index (κ2) is 7.98. The third kappa shape index (κ3) is 4.41. The number of hydrogen-bond donors (Lipinski definition) is 2. The molecule has 2 amide bonds. The summed E-state index contributed by atoms with van der Waals surface area (Å²) in [5.74, 6) is -1.97. The molecule has 0 aromatic heterocycles. The lowest BCUT2D eigenvalue weighted by Gasteiger charge is -2.27. The Morgan fingerprint density at radius 2 is 1.97 bits per heavy atom. The van der Waals surface area contributed by atoms with E-state index in [1.54, 1.807) is 12.1 Å². The predicted octanol–water partition coefficient (Wildman–Crippen LogP) is 4.28. The molecule has 0 aliphatic carbocycles. The number of rotatable bonds is 3. The molecule has 3 rings (SSSR count). The van der Waals surface area contributed by atoms with Gasteiger partial charge in [0.25, 0.3) is 5.91 Å². The molecule has 0 spiro atoms. The Morgan fingerprint density at radius 1 is 1.21 bits per heavy atom. The summed E-state index contributed by atoms with van der Waals surface area (Å²) in [5, 5.41) is 4.95. The maximum Gasteiger partial charge on any atom is 0.419 e. The van der Waals surface area contributed by atoms with Crippen molar-refractivity contribution in [2.75, 3.05) is 19.0 Å². The number of ether oxygens (including phenoxy) is 2. The minimum atomic E-state index is -4.90. The van der Waals surface area contributed by atoms with E-state index < -0.39 is 35.6 Å². The molecule has 1 aliphatic heterocycles. The van der Waals surface area contributed by atoms with Crippen molar-refractivity contribution < 1.29 is 36.6 Å². The van der Waals surface area contributed by atoms with Crippen molar-refractivity contribution in [1.82, 2.24) is 5.32 Å². The molecule has 0 fully saturated rings. The van der Waals surface area contributed by atoms with Gasteiger partial charge >= 0.3 is 12.3 Å². The topological polar surface area (TPSA) is 76.7 Å². The van der Waals surface area contributed by atoms with Crippen LogP contribution in [0.2, 0.25) is 0 Å². The standard InChI is InChI=1S/C19H16F4N2O4/c1-28-18(27)25-15-7-8-29-16-11(15)3-2-4-12(16)17(26)24-10-5-6-14(20)13(9-10)19(21,22)23/h2-6,9,15H,7-8H2,1H3,(H,24,26)(H,25,27)/t15-/m0/s1. The third-order valence-electron chi connectivity index (χ3n) is 4.33. The maximum atomic E-state index is 13.4. The van der Waals surface area contributed by atoms with E-state index in [0.717, 1.165) is 6.07 Å². The van der Waals surface area contributed by atoms with Gasteiger partial charge in [-0.2, -0.15) is 13.2 Å². The van der Waals surface area contributed by atoms with Crippen molar-refractivity contribution in [2.24, 2.45) is 0 Å². The highest BCUT2D eigenvalue weighted by atomic mass is 19.4. The number of carbonyl (C=O) groups excluding carboxylic acids is 2. The fourth-order valence-electron chi connectivity index (χ4n) is 2.97. The summed E-state index contributed by atoms with van der Waals surface area (Å²) < 4.78 is 62.2. The molecule has 1 heterocycles. The summed E-state index contributed by atoms with van der Waals surface area (Å²) in [6.07, 6.45) is -5.10. The molecule has 0 bridgehead atoms. The van der Waals surface area contributed by atoms with E-state index in [1.165, 1.54) is 13.2 Å². The highest BCUT2D eigenvalue weighted by Crippen LogP contribution is 2.36. The Morgan fingerprint density at radius 3 is 2.66 bits per heavy atom. The number of halogens is 4. The Kier molecular flexibility index (Phi) is 5.62. The number of benzene rings is 2. The van der Waals surface area contributed by atoms with Gasteiger partial charge in [0.2, 0.25) is 0 Å².